The van der Waals surface area contributed by atoms with Crippen LogP contribution in [0.3, 0.4) is 0 Å². The van der Waals surface area contributed by atoms with Gasteiger partial charge in [0.2, 0.25) is 10.0 Å². The van der Waals surface area contributed by atoms with E-state index in [1.165, 1.54) is 6.92 Å². The molecule has 0 saturated heterocycles. The molecule has 8 heteroatoms. The van der Waals surface area contributed by atoms with Gasteiger partial charge in [0.1, 0.15) is 11.3 Å². The first-order chi connectivity index (χ1) is 16.1. The summed E-state index contributed by atoms with van der Waals surface area (Å²) < 4.78 is 31.8. The summed E-state index contributed by atoms with van der Waals surface area (Å²) in [6, 6.07) is 15.0. The zero-order valence-corrected chi connectivity index (χ0v) is 20.9. The highest BCUT2D eigenvalue weighted by molar-refractivity contribution is 7.90. The lowest BCUT2D eigenvalue weighted by atomic mass is 9.78. The molecule has 182 valence electrons. The van der Waals surface area contributed by atoms with E-state index in [-0.39, 0.29) is 11.3 Å². The molecular formula is C26H32N2O5S. The molecule has 0 radical (unpaired) electrons. The number of amides is 2. The van der Waals surface area contributed by atoms with Gasteiger partial charge in [0.15, 0.2) is 0 Å². The van der Waals surface area contributed by atoms with Crippen LogP contribution in [0.4, 0.5) is 0 Å². The maximum Gasteiger partial charge on any atom is 0.270 e. The predicted octanol–water partition coefficient (Wildman–Crippen LogP) is 3.83. The Morgan fingerprint density at radius 1 is 1.09 bits per heavy atom. The largest absolute Gasteiger partial charge is 0.494 e. The number of nitrogens with one attached hydrogen (secondary N) is 2. The molecule has 0 aromatic heterocycles. The van der Waals surface area contributed by atoms with Gasteiger partial charge in [-0.3, -0.25) is 9.59 Å². The second-order valence-corrected chi connectivity index (χ2v) is 10.8. The van der Waals surface area contributed by atoms with Gasteiger partial charge in [0.05, 0.1) is 17.9 Å². The molecule has 0 unspecified atom stereocenters. The lowest BCUT2D eigenvalue weighted by molar-refractivity contribution is -0.124. The SMILES string of the molecule is CCCCOc1ccc([C@]2(C)CC(c3ccc(C)cc3)=C(C(=O)NS(=O)(=O)CC)C(=O)N2)cc1. The molecule has 2 aromatic carbocycles. The van der Waals surface area contributed by atoms with Crippen LogP contribution in [0.1, 0.15) is 56.7 Å². The molecule has 2 N–H and O–H groups in total. The van der Waals surface area contributed by atoms with Crippen LogP contribution in [-0.4, -0.2) is 32.6 Å². The van der Waals surface area contributed by atoms with Crippen molar-refractivity contribution in [2.45, 2.75) is 52.5 Å². The fourth-order valence-electron chi connectivity index (χ4n) is 3.87. The monoisotopic (exact) mass is 484 g/mol. The van der Waals surface area contributed by atoms with Gasteiger partial charge in [0, 0.05) is 6.42 Å². The van der Waals surface area contributed by atoms with Crippen molar-refractivity contribution >= 4 is 27.4 Å². The van der Waals surface area contributed by atoms with Gasteiger partial charge in [-0.1, -0.05) is 55.3 Å². The highest BCUT2D eigenvalue weighted by atomic mass is 32.2. The summed E-state index contributed by atoms with van der Waals surface area (Å²) in [6.07, 6.45) is 2.33. The van der Waals surface area contributed by atoms with E-state index in [9.17, 15) is 18.0 Å². The molecule has 1 aliphatic rings. The average molecular weight is 485 g/mol. The molecule has 0 saturated carbocycles. The number of sulfonamides is 1. The Morgan fingerprint density at radius 3 is 2.32 bits per heavy atom. The Balaban J connectivity index is 2.00. The highest BCUT2D eigenvalue weighted by Gasteiger charge is 2.40. The van der Waals surface area contributed by atoms with Crippen LogP contribution in [0.15, 0.2) is 54.1 Å². The van der Waals surface area contributed by atoms with Gasteiger partial charge in [-0.25, -0.2) is 13.1 Å². The van der Waals surface area contributed by atoms with E-state index in [0.29, 0.717) is 24.2 Å². The maximum absolute atomic E-state index is 13.2. The van der Waals surface area contributed by atoms with Gasteiger partial charge in [-0.2, -0.15) is 0 Å². The summed E-state index contributed by atoms with van der Waals surface area (Å²) in [5.41, 5.74) is 2.10. The van der Waals surface area contributed by atoms with Crippen molar-refractivity contribution in [2.75, 3.05) is 12.4 Å². The second kappa shape index (κ2) is 10.4. The Labute approximate surface area is 201 Å². The Hall–Kier alpha value is -3.13. The minimum Gasteiger partial charge on any atom is -0.494 e. The van der Waals surface area contributed by atoms with E-state index < -0.39 is 27.4 Å². The zero-order valence-electron chi connectivity index (χ0n) is 20.1. The molecule has 0 spiro atoms. The molecule has 1 atom stereocenters. The van der Waals surface area contributed by atoms with Crippen molar-refractivity contribution in [1.82, 2.24) is 10.0 Å². The number of rotatable bonds is 9. The lowest BCUT2D eigenvalue weighted by Gasteiger charge is -2.37. The number of benzene rings is 2. The summed E-state index contributed by atoms with van der Waals surface area (Å²) >= 11 is 0. The first kappa shape index (κ1) is 25.5. The fraction of sp³-hybridized carbons (Fsp3) is 0.385. The molecule has 0 fully saturated rings. The van der Waals surface area contributed by atoms with Gasteiger partial charge in [-0.15, -0.1) is 0 Å². The van der Waals surface area contributed by atoms with Crippen molar-refractivity contribution in [3.8, 4) is 5.75 Å². The van der Waals surface area contributed by atoms with Crippen molar-refractivity contribution in [3.05, 3.63) is 70.8 Å². The van der Waals surface area contributed by atoms with E-state index in [2.05, 4.69) is 12.2 Å². The van der Waals surface area contributed by atoms with E-state index in [0.717, 1.165) is 29.7 Å². The molecule has 34 heavy (non-hydrogen) atoms. The van der Waals surface area contributed by atoms with Crippen molar-refractivity contribution in [3.63, 3.8) is 0 Å². The van der Waals surface area contributed by atoms with Crippen molar-refractivity contribution in [1.29, 1.82) is 0 Å². The standard InChI is InChI=1S/C26H32N2O5S/c1-5-7-16-33-21-14-12-20(13-15-21)26(4)17-22(19-10-8-18(3)9-11-19)23(24(29)27-26)25(30)28-34(31,32)6-2/h8-15H,5-7,16-17H2,1-4H3,(H,27,29)(H,28,30)/t26-/m0/s1. The third kappa shape index (κ3) is 5.86. The van der Waals surface area contributed by atoms with E-state index >= 15 is 0 Å². The molecule has 0 aliphatic carbocycles. The smallest absolute Gasteiger partial charge is 0.270 e. The summed E-state index contributed by atoms with van der Waals surface area (Å²) in [7, 11) is -3.83. The van der Waals surface area contributed by atoms with Crippen LogP contribution in [-0.2, 0) is 25.2 Å². The summed E-state index contributed by atoms with van der Waals surface area (Å²) in [5, 5.41) is 2.93. The van der Waals surface area contributed by atoms with Crippen LogP contribution >= 0.6 is 0 Å². The lowest BCUT2D eigenvalue weighted by Crippen LogP contribution is -2.50. The molecule has 0 bridgehead atoms. The summed E-state index contributed by atoms with van der Waals surface area (Å²) in [6.45, 7) is 8.01. The van der Waals surface area contributed by atoms with Crippen LogP contribution in [0.2, 0.25) is 0 Å². The molecule has 1 aliphatic heterocycles. The van der Waals surface area contributed by atoms with Gasteiger partial charge >= 0.3 is 0 Å². The number of carbonyl (C=O) groups excluding carboxylic acids is 2. The number of hydrogen-bond acceptors (Lipinski definition) is 5. The number of ether oxygens (including phenoxy) is 1. The van der Waals surface area contributed by atoms with Crippen molar-refractivity contribution in [2.24, 2.45) is 0 Å². The van der Waals surface area contributed by atoms with Gasteiger partial charge in [0.25, 0.3) is 11.8 Å². The number of aryl methyl sites for hydroxylation is 1. The Bertz CT molecular complexity index is 1180. The van der Waals surface area contributed by atoms with Crippen LogP contribution in [0, 0.1) is 6.92 Å². The molecule has 3 rings (SSSR count). The van der Waals surface area contributed by atoms with Crippen molar-refractivity contribution < 1.29 is 22.7 Å². The van der Waals surface area contributed by atoms with Crippen LogP contribution in [0.25, 0.3) is 5.57 Å². The van der Waals surface area contributed by atoms with E-state index in [1.54, 1.807) is 0 Å². The van der Waals surface area contributed by atoms with Crippen LogP contribution < -0.4 is 14.8 Å². The third-order valence-corrected chi connectivity index (χ3v) is 7.22. The Kier molecular flexibility index (Phi) is 7.82. The number of unbranched alkanes of at least 4 members (excludes halogenated alkanes) is 1. The normalized spacial score (nSPS) is 18.4. The molecular weight excluding hydrogens is 452 g/mol. The molecule has 2 aromatic rings. The van der Waals surface area contributed by atoms with E-state index in [4.69, 9.17) is 4.74 Å². The number of carbonyl (C=O) groups is 2. The second-order valence-electron chi connectivity index (χ2n) is 8.74. The first-order valence-electron chi connectivity index (χ1n) is 11.5. The Morgan fingerprint density at radius 2 is 1.74 bits per heavy atom. The third-order valence-electron chi connectivity index (χ3n) is 5.96. The minimum absolute atomic E-state index is 0.183. The first-order valence-corrected chi connectivity index (χ1v) is 13.1. The quantitative estimate of drug-likeness (QED) is 0.416. The molecule has 1 heterocycles. The fourth-order valence-corrected chi connectivity index (χ4v) is 4.40. The minimum atomic E-state index is -3.83. The average Bonchev–Trinajstić information content (AvgIpc) is 2.79. The van der Waals surface area contributed by atoms with Gasteiger partial charge in [-0.05, 0) is 56.0 Å². The predicted molar refractivity (Wildman–Crippen MR) is 133 cm³/mol. The number of hydrogen-bond donors (Lipinski definition) is 2. The summed E-state index contributed by atoms with van der Waals surface area (Å²) in [4.78, 5) is 26.2. The van der Waals surface area contributed by atoms with Gasteiger partial charge < -0.3 is 10.1 Å². The highest BCUT2D eigenvalue weighted by Crippen LogP contribution is 2.39. The summed E-state index contributed by atoms with van der Waals surface area (Å²) in [5.74, 6) is -1.05. The van der Waals surface area contributed by atoms with Crippen LogP contribution in [0.5, 0.6) is 5.75 Å². The topological polar surface area (TPSA) is 102 Å². The van der Waals surface area contributed by atoms with E-state index in [1.807, 2.05) is 67.1 Å². The zero-order chi connectivity index (χ0) is 24.9. The maximum atomic E-state index is 13.2. The molecule has 2 amide bonds. The molecule has 7 nitrogen and oxygen atoms in total.